The molecule has 0 saturated heterocycles. The smallest absolute Gasteiger partial charge is 0.337 e. The quantitative estimate of drug-likeness (QED) is 0.859. The van der Waals surface area contributed by atoms with Crippen molar-refractivity contribution >= 4 is 33.2 Å². The number of benzene rings is 1. The highest BCUT2D eigenvalue weighted by atomic mass is 35.5. The Bertz CT molecular complexity index is 747. The van der Waals surface area contributed by atoms with Gasteiger partial charge in [0.1, 0.15) is 0 Å². The minimum Gasteiger partial charge on any atom is -0.478 e. The number of ketones is 1. The number of rotatable bonds is 1. The van der Waals surface area contributed by atoms with Crippen LogP contribution in [0, 0.1) is 12.3 Å². The summed E-state index contributed by atoms with van der Waals surface area (Å²) in [5, 5.41) is 8.79. The van der Waals surface area contributed by atoms with Gasteiger partial charge in [0.15, 0.2) is 15.6 Å². The van der Waals surface area contributed by atoms with Crippen molar-refractivity contribution < 1.29 is 23.1 Å². The molecule has 0 aliphatic carbocycles. The Morgan fingerprint density at radius 3 is 2.45 bits per heavy atom. The summed E-state index contributed by atoms with van der Waals surface area (Å²) in [5.41, 5.74) is -1.35. The zero-order chi connectivity index (χ0) is 15.5. The second-order valence-electron chi connectivity index (χ2n) is 5.54. The predicted molar refractivity (Wildman–Crippen MR) is 73.3 cm³/mol. The summed E-state index contributed by atoms with van der Waals surface area (Å²) in [7, 11) is -3.68. The summed E-state index contributed by atoms with van der Waals surface area (Å²) < 4.78 is 24.7. The number of hydrogen-bond acceptors (Lipinski definition) is 4. The number of carboxylic acids is 1. The van der Waals surface area contributed by atoms with E-state index in [-0.39, 0.29) is 32.4 Å². The molecule has 20 heavy (non-hydrogen) atoms. The molecule has 7 heteroatoms. The maximum atomic E-state index is 12.4. The van der Waals surface area contributed by atoms with Gasteiger partial charge in [0.2, 0.25) is 0 Å². The number of carbonyl (C=O) groups is 2. The van der Waals surface area contributed by atoms with Crippen molar-refractivity contribution in [2.45, 2.75) is 25.7 Å². The van der Waals surface area contributed by atoms with E-state index in [0.29, 0.717) is 0 Å². The summed E-state index contributed by atoms with van der Waals surface area (Å²) >= 11 is 5.98. The Morgan fingerprint density at radius 1 is 1.40 bits per heavy atom. The Labute approximate surface area is 121 Å². The van der Waals surface area contributed by atoms with Crippen molar-refractivity contribution in [3.05, 3.63) is 27.8 Å². The van der Waals surface area contributed by atoms with Crippen LogP contribution in [0.2, 0.25) is 5.02 Å². The molecule has 0 saturated carbocycles. The molecule has 1 aromatic carbocycles. The van der Waals surface area contributed by atoms with Crippen molar-refractivity contribution in [2.24, 2.45) is 5.41 Å². The van der Waals surface area contributed by atoms with Gasteiger partial charge in [-0.05, 0) is 18.6 Å². The minimum absolute atomic E-state index is 0.142. The molecule has 1 aromatic rings. The van der Waals surface area contributed by atoms with E-state index in [4.69, 9.17) is 16.7 Å². The Hall–Kier alpha value is -1.40. The lowest BCUT2D eigenvalue weighted by Gasteiger charge is -2.31. The van der Waals surface area contributed by atoms with E-state index >= 15 is 0 Å². The number of fused-ring (bicyclic) bond motifs is 1. The third kappa shape index (κ3) is 2.03. The van der Waals surface area contributed by atoms with Crippen molar-refractivity contribution in [3.63, 3.8) is 0 Å². The molecule has 108 valence electrons. The lowest BCUT2D eigenvalue weighted by Crippen LogP contribution is -2.39. The van der Waals surface area contributed by atoms with Gasteiger partial charge in [-0.3, -0.25) is 4.79 Å². The monoisotopic (exact) mass is 316 g/mol. The second kappa shape index (κ2) is 4.30. The summed E-state index contributed by atoms with van der Waals surface area (Å²) in [4.78, 5) is 23.4. The molecule has 1 aliphatic heterocycles. The van der Waals surface area contributed by atoms with Crippen molar-refractivity contribution in [2.75, 3.05) is 5.75 Å². The number of halogens is 1. The average molecular weight is 317 g/mol. The third-order valence-electron chi connectivity index (χ3n) is 3.34. The number of sulfone groups is 1. The van der Waals surface area contributed by atoms with Crippen LogP contribution in [0.5, 0.6) is 0 Å². The standard InChI is InChI=1S/C13H13ClO5S/c1-6-4-7(12(16)17)9(14)8-10(6)20(18,19)5-13(2,3)11(8)15/h4H,5H2,1-3H3,(H,16,17). The summed E-state index contributed by atoms with van der Waals surface area (Å²) in [6.07, 6.45) is 0. The van der Waals surface area contributed by atoms with Crippen LogP contribution in [0.3, 0.4) is 0 Å². The number of aromatic carboxylic acids is 1. The van der Waals surface area contributed by atoms with Crippen LogP contribution in [-0.2, 0) is 9.84 Å². The fourth-order valence-corrected chi connectivity index (χ4v) is 5.14. The first kappa shape index (κ1) is 15.0. The van der Waals surface area contributed by atoms with Crippen LogP contribution in [0.1, 0.15) is 40.1 Å². The van der Waals surface area contributed by atoms with E-state index in [2.05, 4.69) is 0 Å². The lowest BCUT2D eigenvalue weighted by atomic mass is 9.84. The van der Waals surface area contributed by atoms with Gasteiger partial charge in [0, 0.05) is 5.41 Å². The Kier molecular flexibility index (Phi) is 3.22. The molecular formula is C13H13ClO5S. The highest BCUT2D eigenvalue weighted by Gasteiger charge is 2.45. The van der Waals surface area contributed by atoms with Crippen LogP contribution in [-0.4, -0.2) is 31.0 Å². The molecule has 5 nitrogen and oxygen atoms in total. The SMILES string of the molecule is Cc1cc(C(=O)O)c(Cl)c2c1S(=O)(=O)CC(C)(C)C2=O. The first-order valence-electron chi connectivity index (χ1n) is 5.83. The van der Waals surface area contributed by atoms with Gasteiger partial charge in [-0.15, -0.1) is 0 Å². The van der Waals surface area contributed by atoms with Gasteiger partial charge in [-0.25, -0.2) is 13.2 Å². The number of aryl methyl sites for hydroxylation is 1. The minimum atomic E-state index is -3.68. The normalized spacial score (nSPS) is 19.5. The molecule has 2 rings (SSSR count). The zero-order valence-corrected chi connectivity index (χ0v) is 12.7. The maximum Gasteiger partial charge on any atom is 0.337 e. The molecule has 0 spiro atoms. The van der Waals surface area contributed by atoms with E-state index in [9.17, 15) is 18.0 Å². The van der Waals surface area contributed by atoms with E-state index in [0.717, 1.165) is 0 Å². The fourth-order valence-electron chi connectivity index (χ4n) is 2.49. The Balaban J connectivity index is 2.98. The van der Waals surface area contributed by atoms with Crippen molar-refractivity contribution in [1.29, 1.82) is 0 Å². The number of carbonyl (C=O) groups excluding carboxylic acids is 1. The first-order valence-corrected chi connectivity index (χ1v) is 7.86. The van der Waals surface area contributed by atoms with Gasteiger partial charge in [-0.2, -0.15) is 0 Å². The largest absolute Gasteiger partial charge is 0.478 e. The van der Waals surface area contributed by atoms with Crippen LogP contribution >= 0.6 is 11.6 Å². The van der Waals surface area contributed by atoms with Crippen LogP contribution in [0.4, 0.5) is 0 Å². The van der Waals surface area contributed by atoms with E-state index in [1.807, 2.05) is 0 Å². The summed E-state index contributed by atoms with van der Waals surface area (Å²) in [6, 6.07) is 1.19. The van der Waals surface area contributed by atoms with Crippen LogP contribution in [0.15, 0.2) is 11.0 Å². The first-order chi connectivity index (χ1) is 8.99. The molecule has 0 amide bonds. The highest BCUT2D eigenvalue weighted by Crippen LogP contribution is 2.41. The lowest BCUT2D eigenvalue weighted by molar-refractivity contribution is 0.0696. The van der Waals surface area contributed by atoms with Gasteiger partial charge in [0.25, 0.3) is 0 Å². The molecule has 0 fully saturated rings. The summed E-state index contributed by atoms with van der Waals surface area (Å²) in [6.45, 7) is 4.48. The highest BCUT2D eigenvalue weighted by molar-refractivity contribution is 7.91. The molecule has 0 radical (unpaired) electrons. The Morgan fingerprint density at radius 2 is 1.95 bits per heavy atom. The molecular weight excluding hydrogens is 304 g/mol. The maximum absolute atomic E-state index is 12.4. The fraction of sp³-hybridized carbons (Fsp3) is 0.385. The average Bonchev–Trinajstić information content (AvgIpc) is 2.26. The number of carboxylic acid groups (broad SMARTS) is 1. The van der Waals surface area contributed by atoms with Crippen LogP contribution < -0.4 is 0 Å². The van der Waals surface area contributed by atoms with E-state index in [1.54, 1.807) is 0 Å². The van der Waals surface area contributed by atoms with Crippen LogP contribution in [0.25, 0.3) is 0 Å². The van der Waals surface area contributed by atoms with Crippen molar-refractivity contribution in [3.8, 4) is 0 Å². The zero-order valence-electron chi connectivity index (χ0n) is 11.2. The van der Waals surface area contributed by atoms with Gasteiger partial charge < -0.3 is 5.11 Å². The molecule has 1 aliphatic rings. The topological polar surface area (TPSA) is 88.5 Å². The predicted octanol–water partition coefficient (Wildman–Crippen LogP) is 2.34. The van der Waals surface area contributed by atoms with E-state index < -0.39 is 27.0 Å². The van der Waals surface area contributed by atoms with E-state index in [1.165, 1.54) is 26.8 Å². The van der Waals surface area contributed by atoms with Gasteiger partial charge in [-0.1, -0.05) is 25.4 Å². The van der Waals surface area contributed by atoms with Crippen molar-refractivity contribution in [1.82, 2.24) is 0 Å². The third-order valence-corrected chi connectivity index (χ3v) is 5.98. The number of Topliss-reactive ketones (excluding diaryl/α,β-unsaturated/α-hetero) is 1. The number of hydrogen-bond donors (Lipinski definition) is 1. The molecule has 1 N–H and O–H groups in total. The molecule has 0 aromatic heterocycles. The van der Waals surface area contributed by atoms with Gasteiger partial charge >= 0.3 is 5.97 Å². The second-order valence-corrected chi connectivity index (χ2v) is 7.84. The summed E-state index contributed by atoms with van der Waals surface area (Å²) in [5.74, 6) is -2.05. The molecule has 0 bridgehead atoms. The molecule has 0 atom stereocenters. The van der Waals surface area contributed by atoms with Gasteiger partial charge in [0.05, 0.1) is 26.8 Å². The molecule has 1 heterocycles. The molecule has 0 unspecified atom stereocenters.